The molecule has 0 radical (unpaired) electrons. The number of nitrogens with one attached hydrogen (secondary N) is 2. The summed E-state index contributed by atoms with van der Waals surface area (Å²) in [4.78, 5) is 42.0. The molecule has 1 fully saturated rings. The van der Waals surface area contributed by atoms with E-state index in [0.717, 1.165) is 32.2 Å². The zero-order chi connectivity index (χ0) is 20.9. The largest absolute Gasteiger partial charge is 0.370 e. The molecule has 2 amide bonds. The molecule has 0 bridgehead atoms. The van der Waals surface area contributed by atoms with Gasteiger partial charge in [0.1, 0.15) is 6.29 Å². The number of piperidine rings is 1. The molecule has 0 unspecified atom stereocenters. The molecule has 0 spiro atoms. The Labute approximate surface area is 192 Å². The van der Waals surface area contributed by atoms with Crippen LogP contribution >= 0.6 is 24.8 Å². The van der Waals surface area contributed by atoms with Crippen LogP contribution in [0.25, 0.3) is 0 Å². The highest BCUT2D eigenvalue weighted by molar-refractivity contribution is 5.88. The Kier molecular flexibility index (Phi) is 17.5. The SMILES string of the molecule is CC(C)CCN(CC(=O)N[C@H](C=O)CCCN=C(N)N)C(=O)[C@H]1CCCCN1.Cl.Cl. The van der Waals surface area contributed by atoms with Gasteiger partial charge in [-0.2, -0.15) is 0 Å². The molecule has 1 aliphatic heterocycles. The molecule has 2 atom stereocenters. The van der Waals surface area contributed by atoms with E-state index in [2.05, 4.69) is 29.5 Å². The molecule has 0 aromatic heterocycles. The van der Waals surface area contributed by atoms with Crippen molar-refractivity contribution < 1.29 is 14.4 Å². The van der Waals surface area contributed by atoms with E-state index in [-0.39, 0.29) is 55.2 Å². The summed E-state index contributed by atoms with van der Waals surface area (Å²) in [6.45, 7) is 5.88. The summed E-state index contributed by atoms with van der Waals surface area (Å²) in [7, 11) is 0. The Balaban J connectivity index is 0. The van der Waals surface area contributed by atoms with Gasteiger partial charge in [0, 0.05) is 13.1 Å². The van der Waals surface area contributed by atoms with Crippen molar-refractivity contribution in [3.05, 3.63) is 0 Å². The molecule has 6 N–H and O–H groups in total. The minimum atomic E-state index is -0.614. The first-order valence-electron chi connectivity index (χ1n) is 10.2. The van der Waals surface area contributed by atoms with Crippen LogP contribution in [0.5, 0.6) is 0 Å². The Morgan fingerprint density at radius 1 is 1.23 bits per heavy atom. The molecular weight excluding hydrogens is 431 g/mol. The van der Waals surface area contributed by atoms with Gasteiger partial charge in [0.05, 0.1) is 18.6 Å². The third-order valence-corrected chi connectivity index (χ3v) is 4.71. The first-order valence-corrected chi connectivity index (χ1v) is 10.2. The second kappa shape index (κ2) is 17.1. The van der Waals surface area contributed by atoms with E-state index >= 15 is 0 Å². The van der Waals surface area contributed by atoms with Gasteiger partial charge < -0.3 is 31.8 Å². The third-order valence-electron chi connectivity index (χ3n) is 4.71. The average Bonchev–Trinajstić information content (AvgIpc) is 2.67. The first kappa shape index (κ1) is 30.6. The average molecular weight is 469 g/mol. The highest BCUT2D eigenvalue weighted by atomic mass is 35.5. The lowest BCUT2D eigenvalue weighted by Crippen LogP contribution is -2.52. The molecule has 0 saturated carbocycles. The minimum absolute atomic E-state index is 0. The van der Waals surface area contributed by atoms with Gasteiger partial charge in [0.15, 0.2) is 5.96 Å². The number of carbonyl (C=O) groups excluding carboxylic acids is 3. The fraction of sp³-hybridized carbons (Fsp3) is 0.789. The van der Waals surface area contributed by atoms with Crippen molar-refractivity contribution in [2.45, 2.75) is 64.5 Å². The van der Waals surface area contributed by atoms with Crippen molar-refractivity contribution in [3.8, 4) is 0 Å². The van der Waals surface area contributed by atoms with Crippen LogP contribution in [0.3, 0.4) is 0 Å². The lowest BCUT2D eigenvalue weighted by Gasteiger charge is -2.30. The van der Waals surface area contributed by atoms with Crippen molar-refractivity contribution in [1.29, 1.82) is 0 Å². The van der Waals surface area contributed by atoms with Crippen LogP contribution in [0, 0.1) is 5.92 Å². The number of hydrogen-bond donors (Lipinski definition) is 4. The Morgan fingerprint density at radius 3 is 2.47 bits per heavy atom. The maximum atomic E-state index is 12.9. The van der Waals surface area contributed by atoms with E-state index < -0.39 is 6.04 Å². The zero-order valence-electron chi connectivity index (χ0n) is 18.0. The quantitative estimate of drug-likeness (QED) is 0.143. The lowest BCUT2D eigenvalue weighted by atomic mass is 10.0. The lowest BCUT2D eigenvalue weighted by molar-refractivity contribution is -0.138. The maximum absolute atomic E-state index is 12.9. The summed E-state index contributed by atoms with van der Waals surface area (Å²) in [6, 6.07) is -0.841. The Morgan fingerprint density at radius 2 is 1.93 bits per heavy atom. The summed E-state index contributed by atoms with van der Waals surface area (Å²) in [5, 5.41) is 5.94. The molecule has 176 valence electrons. The highest BCUT2D eigenvalue weighted by Gasteiger charge is 2.27. The third kappa shape index (κ3) is 12.9. The van der Waals surface area contributed by atoms with Gasteiger partial charge in [-0.05, 0) is 44.6 Å². The van der Waals surface area contributed by atoms with Crippen LogP contribution in [0.2, 0.25) is 0 Å². The molecule has 1 saturated heterocycles. The van der Waals surface area contributed by atoms with Crippen molar-refractivity contribution >= 4 is 48.9 Å². The second-order valence-corrected chi connectivity index (χ2v) is 7.70. The fourth-order valence-electron chi connectivity index (χ4n) is 3.08. The fourth-order valence-corrected chi connectivity index (χ4v) is 3.08. The molecule has 0 aromatic carbocycles. The number of nitrogens with zero attached hydrogens (tertiary/aromatic N) is 2. The molecule has 1 heterocycles. The molecule has 9 nitrogen and oxygen atoms in total. The monoisotopic (exact) mass is 468 g/mol. The summed E-state index contributed by atoms with van der Waals surface area (Å²) >= 11 is 0. The van der Waals surface area contributed by atoms with Crippen LogP contribution < -0.4 is 22.1 Å². The summed E-state index contributed by atoms with van der Waals surface area (Å²) in [5.41, 5.74) is 10.5. The zero-order valence-corrected chi connectivity index (χ0v) is 19.6. The van der Waals surface area contributed by atoms with Gasteiger partial charge in [-0.1, -0.05) is 20.3 Å². The second-order valence-electron chi connectivity index (χ2n) is 7.70. The summed E-state index contributed by atoms with van der Waals surface area (Å²) < 4.78 is 0. The molecule has 0 aliphatic carbocycles. The number of nitrogens with two attached hydrogens (primary N) is 2. The van der Waals surface area contributed by atoms with Gasteiger partial charge >= 0.3 is 0 Å². The smallest absolute Gasteiger partial charge is 0.240 e. The van der Waals surface area contributed by atoms with Gasteiger partial charge in [-0.3, -0.25) is 14.6 Å². The van der Waals surface area contributed by atoms with Gasteiger partial charge in [0.25, 0.3) is 0 Å². The van der Waals surface area contributed by atoms with Gasteiger partial charge in [-0.25, -0.2) is 0 Å². The minimum Gasteiger partial charge on any atom is -0.370 e. The van der Waals surface area contributed by atoms with Crippen LogP contribution in [-0.4, -0.2) is 67.2 Å². The molecule has 30 heavy (non-hydrogen) atoms. The van der Waals surface area contributed by atoms with Gasteiger partial charge in [-0.15, -0.1) is 24.8 Å². The molecule has 1 rings (SSSR count). The number of guanidine groups is 1. The normalized spacial score (nSPS) is 16.4. The molecule has 1 aliphatic rings. The number of halogens is 2. The topological polar surface area (TPSA) is 143 Å². The molecule has 11 heteroatoms. The van der Waals surface area contributed by atoms with E-state index in [1.165, 1.54) is 0 Å². The van der Waals surface area contributed by atoms with E-state index in [1.54, 1.807) is 4.90 Å². The number of hydrogen-bond acceptors (Lipinski definition) is 5. The Bertz CT molecular complexity index is 538. The van der Waals surface area contributed by atoms with Crippen LogP contribution in [-0.2, 0) is 14.4 Å². The van der Waals surface area contributed by atoms with E-state index in [4.69, 9.17) is 11.5 Å². The number of carbonyl (C=O) groups is 3. The predicted octanol–water partition coefficient (Wildman–Crippen LogP) is 0.584. The number of aliphatic imine (C=N–C) groups is 1. The van der Waals surface area contributed by atoms with Gasteiger partial charge in [0.2, 0.25) is 11.8 Å². The van der Waals surface area contributed by atoms with E-state index in [0.29, 0.717) is 38.1 Å². The summed E-state index contributed by atoms with van der Waals surface area (Å²) in [6.07, 6.45) is 5.41. The van der Waals surface area contributed by atoms with Crippen LogP contribution in [0.4, 0.5) is 0 Å². The van der Waals surface area contributed by atoms with Crippen molar-refractivity contribution in [3.63, 3.8) is 0 Å². The predicted molar refractivity (Wildman–Crippen MR) is 124 cm³/mol. The molecule has 0 aromatic rings. The van der Waals surface area contributed by atoms with Crippen LogP contribution in [0.1, 0.15) is 52.4 Å². The standard InChI is InChI=1S/C19H36N6O3.2ClH/c1-14(2)8-11-25(18(28)16-7-3-4-9-22-16)12-17(27)24-15(13-26)6-5-10-23-19(20)21;;/h13-16,22H,3-12H2,1-2H3,(H,24,27)(H4,20,21,23);2*1H/t15-,16+;;/m0../s1. The highest BCUT2D eigenvalue weighted by Crippen LogP contribution is 2.11. The number of rotatable bonds is 12. The Hall–Kier alpha value is -1.58. The van der Waals surface area contributed by atoms with Crippen molar-refractivity contribution in [2.75, 3.05) is 26.2 Å². The summed E-state index contributed by atoms with van der Waals surface area (Å²) in [5.74, 6) is 0.0658. The maximum Gasteiger partial charge on any atom is 0.240 e. The number of aldehydes is 1. The van der Waals surface area contributed by atoms with Crippen molar-refractivity contribution in [1.82, 2.24) is 15.5 Å². The first-order chi connectivity index (χ1) is 13.3. The number of amides is 2. The van der Waals surface area contributed by atoms with Crippen molar-refractivity contribution in [2.24, 2.45) is 22.4 Å². The van der Waals surface area contributed by atoms with E-state index in [9.17, 15) is 14.4 Å². The molecular formula is C19H38Cl2N6O3. The van der Waals surface area contributed by atoms with Crippen LogP contribution in [0.15, 0.2) is 4.99 Å². The van der Waals surface area contributed by atoms with E-state index in [1.807, 2.05) is 0 Å².